The number of nitrogens with zero attached hydrogens (tertiary/aromatic N) is 2. The van der Waals surface area contributed by atoms with E-state index in [9.17, 15) is 0 Å². The lowest BCUT2D eigenvalue weighted by Gasteiger charge is -2.11. The first kappa shape index (κ1) is 17.5. The van der Waals surface area contributed by atoms with Crippen molar-refractivity contribution >= 4 is 28.2 Å². The highest BCUT2D eigenvalue weighted by Gasteiger charge is 2.12. The molecular weight excluding hydrogens is 354 g/mol. The third-order valence-corrected chi connectivity index (χ3v) is 5.63. The summed E-state index contributed by atoms with van der Waals surface area (Å²) in [4.78, 5) is 14.3. The van der Waals surface area contributed by atoms with Crippen LogP contribution in [0, 0.1) is 0 Å². The molecule has 3 aromatic heterocycles. The normalized spacial score (nSPS) is 13.1. The third kappa shape index (κ3) is 3.77. The molecule has 5 N–H and O–H groups in total. The lowest BCUT2D eigenvalue weighted by Crippen LogP contribution is -2.25. The second kappa shape index (κ2) is 7.73. The summed E-state index contributed by atoms with van der Waals surface area (Å²) < 4.78 is 0. The summed E-state index contributed by atoms with van der Waals surface area (Å²) in [7, 11) is 0. The van der Waals surface area contributed by atoms with Gasteiger partial charge >= 0.3 is 0 Å². The lowest BCUT2D eigenvalue weighted by molar-refractivity contribution is 0.681. The van der Waals surface area contributed by atoms with Crippen LogP contribution >= 0.6 is 11.3 Å². The van der Waals surface area contributed by atoms with E-state index in [2.05, 4.69) is 33.2 Å². The van der Waals surface area contributed by atoms with Crippen LogP contribution in [0.5, 0.6) is 0 Å². The number of benzene rings is 1. The van der Waals surface area contributed by atoms with Gasteiger partial charge in [0.15, 0.2) is 0 Å². The summed E-state index contributed by atoms with van der Waals surface area (Å²) in [5.74, 6) is 0.539. The van der Waals surface area contributed by atoms with E-state index in [0.717, 1.165) is 32.8 Å². The molecule has 0 amide bonds. The van der Waals surface area contributed by atoms with Gasteiger partial charge in [0.2, 0.25) is 0 Å². The number of nitrogens with two attached hydrogens (primary N) is 2. The van der Waals surface area contributed by atoms with E-state index >= 15 is 0 Å². The van der Waals surface area contributed by atoms with Gasteiger partial charge < -0.3 is 16.5 Å². The van der Waals surface area contributed by atoms with Crippen LogP contribution in [0.3, 0.4) is 0 Å². The highest BCUT2D eigenvalue weighted by molar-refractivity contribution is 7.17. The van der Waals surface area contributed by atoms with Crippen molar-refractivity contribution in [2.24, 2.45) is 16.5 Å². The monoisotopic (exact) mass is 375 g/mol. The number of aromatic nitrogens is 2. The molecule has 27 heavy (non-hydrogen) atoms. The zero-order valence-electron chi connectivity index (χ0n) is 14.8. The molecule has 0 radical (unpaired) electrons. The Kier molecular flexibility index (Phi) is 5.00. The van der Waals surface area contributed by atoms with Gasteiger partial charge in [0.25, 0.3) is 0 Å². The van der Waals surface area contributed by atoms with E-state index in [0.29, 0.717) is 12.4 Å². The maximum atomic E-state index is 6.30. The minimum absolute atomic E-state index is 0.0322. The van der Waals surface area contributed by atoms with Gasteiger partial charge in [-0.25, -0.2) is 4.98 Å². The SMILES string of the molecule is NCC(Cc1ccccc1)N=C(N)c1ccc(-c2ccnc3[nH]ccc23)s1. The van der Waals surface area contributed by atoms with E-state index in [1.807, 2.05) is 48.8 Å². The quantitative estimate of drug-likeness (QED) is 0.355. The fourth-order valence-corrected chi connectivity index (χ4v) is 4.08. The molecule has 0 aliphatic heterocycles. The van der Waals surface area contributed by atoms with E-state index in [1.165, 1.54) is 5.56 Å². The van der Waals surface area contributed by atoms with E-state index < -0.39 is 0 Å². The van der Waals surface area contributed by atoms with Gasteiger partial charge in [-0.2, -0.15) is 0 Å². The third-order valence-electron chi connectivity index (χ3n) is 4.49. The van der Waals surface area contributed by atoms with Crippen LogP contribution < -0.4 is 11.5 Å². The predicted molar refractivity (Wildman–Crippen MR) is 113 cm³/mol. The minimum atomic E-state index is -0.0322. The molecule has 1 atom stereocenters. The highest BCUT2D eigenvalue weighted by Crippen LogP contribution is 2.32. The summed E-state index contributed by atoms with van der Waals surface area (Å²) in [6.45, 7) is 0.460. The fraction of sp³-hybridized carbons (Fsp3) is 0.143. The Morgan fingerprint density at radius 2 is 1.96 bits per heavy atom. The van der Waals surface area contributed by atoms with Gasteiger partial charge in [0, 0.05) is 34.8 Å². The number of amidine groups is 1. The first-order chi connectivity index (χ1) is 13.2. The van der Waals surface area contributed by atoms with Crippen molar-refractivity contribution in [2.45, 2.75) is 12.5 Å². The van der Waals surface area contributed by atoms with Crippen molar-refractivity contribution in [1.82, 2.24) is 9.97 Å². The summed E-state index contributed by atoms with van der Waals surface area (Å²) in [5.41, 5.74) is 15.5. The number of hydrogen-bond acceptors (Lipinski definition) is 4. The van der Waals surface area contributed by atoms with Crippen molar-refractivity contribution in [3.8, 4) is 10.4 Å². The average Bonchev–Trinajstić information content (AvgIpc) is 3.37. The molecule has 1 aromatic carbocycles. The van der Waals surface area contributed by atoms with E-state index in [4.69, 9.17) is 11.5 Å². The molecule has 0 aliphatic rings. The molecule has 1 unspecified atom stereocenters. The number of H-pyrrole nitrogens is 1. The number of aromatic amines is 1. The predicted octanol–water partition coefficient (Wildman–Crippen LogP) is 3.57. The maximum Gasteiger partial charge on any atom is 0.137 e. The average molecular weight is 376 g/mol. The Bertz CT molecular complexity index is 1060. The molecule has 0 fully saturated rings. The largest absolute Gasteiger partial charge is 0.383 e. The van der Waals surface area contributed by atoms with Crippen molar-refractivity contribution in [3.63, 3.8) is 0 Å². The summed E-state index contributed by atoms with van der Waals surface area (Å²) in [6.07, 6.45) is 4.50. The Hall–Kier alpha value is -2.96. The van der Waals surface area contributed by atoms with Crippen molar-refractivity contribution in [3.05, 3.63) is 77.4 Å². The number of nitrogens with one attached hydrogen (secondary N) is 1. The molecule has 0 aliphatic carbocycles. The van der Waals surface area contributed by atoms with Crippen molar-refractivity contribution < 1.29 is 0 Å². The number of aliphatic imine (C=N–C) groups is 1. The van der Waals surface area contributed by atoms with Crippen LogP contribution in [0.15, 0.2) is 72.0 Å². The molecule has 5 nitrogen and oxygen atoms in total. The fourth-order valence-electron chi connectivity index (χ4n) is 3.12. The molecule has 0 bridgehead atoms. The molecular formula is C21H21N5S. The van der Waals surface area contributed by atoms with Gasteiger partial charge in [-0.3, -0.25) is 4.99 Å². The summed E-state index contributed by atoms with van der Waals surface area (Å²) >= 11 is 1.63. The number of hydrogen-bond donors (Lipinski definition) is 3. The van der Waals surface area contributed by atoms with Crippen molar-refractivity contribution in [2.75, 3.05) is 6.54 Å². The number of rotatable bonds is 6. The first-order valence-electron chi connectivity index (χ1n) is 8.84. The van der Waals surface area contributed by atoms with E-state index in [1.54, 1.807) is 11.3 Å². The summed E-state index contributed by atoms with van der Waals surface area (Å²) in [6, 6.07) is 18.4. The van der Waals surface area contributed by atoms with Gasteiger partial charge in [-0.15, -0.1) is 11.3 Å². The zero-order valence-corrected chi connectivity index (χ0v) is 15.6. The molecule has 4 rings (SSSR count). The van der Waals surface area contributed by atoms with Crippen LogP contribution in [-0.4, -0.2) is 28.4 Å². The molecule has 0 saturated heterocycles. The van der Waals surface area contributed by atoms with Crippen LogP contribution in [0.1, 0.15) is 10.4 Å². The van der Waals surface area contributed by atoms with Gasteiger partial charge in [0.05, 0.1) is 10.9 Å². The van der Waals surface area contributed by atoms with Crippen LogP contribution in [0.2, 0.25) is 0 Å². The second-order valence-electron chi connectivity index (χ2n) is 6.36. The molecule has 136 valence electrons. The van der Waals surface area contributed by atoms with Gasteiger partial charge in [-0.1, -0.05) is 30.3 Å². The summed E-state index contributed by atoms with van der Waals surface area (Å²) in [5, 5.41) is 1.10. The Labute approximate surface area is 161 Å². The van der Waals surface area contributed by atoms with Crippen LogP contribution in [0.4, 0.5) is 0 Å². The standard InChI is InChI=1S/C21H21N5S/c22-13-15(12-14-4-2-1-3-5-14)26-20(23)19-7-6-18(27-19)16-8-10-24-21-17(16)9-11-25-21/h1-11,15H,12-13,22H2,(H2,23,26)(H,24,25). The maximum absolute atomic E-state index is 6.30. The van der Waals surface area contributed by atoms with Gasteiger partial charge in [-0.05, 0) is 36.2 Å². The number of pyridine rings is 1. The first-order valence-corrected chi connectivity index (χ1v) is 9.66. The van der Waals surface area contributed by atoms with Crippen LogP contribution in [0.25, 0.3) is 21.5 Å². The highest BCUT2D eigenvalue weighted by atomic mass is 32.1. The van der Waals surface area contributed by atoms with Crippen molar-refractivity contribution in [1.29, 1.82) is 0 Å². The number of thiophene rings is 1. The Morgan fingerprint density at radius 1 is 1.11 bits per heavy atom. The second-order valence-corrected chi connectivity index (χ2v) is 7.44. The molecule has 4 aromatic rings. The smallest absolute Gasteiger partial charge is 0.137 e. The van der Waals surface area contributed by atoms with Gasteiger partial charge in [0.1, 0.15) is 11.5 Å². The molecule has 3 heterocycles. The lowest BCUT2D eigenvalue weighted by atomic mass is 10.1. The molecule has 6 heteroatoms. The topological polar surface area (TPSA) is 93.1 Å². The molecule has 0 spiro atoms. The van der Waals surface area contributed by atoms with E-state index in [-0.39, 0.29) is 6.04 Å². The van der Waals surface area contributed by atoms with Crippen LogP contribution in [-0.2, 0) is 6.42 Å². The Morgan fingerprint density at radius 3 is 2.78 bits per heavy atom. The number of fused-ring (bicyclic) bond motifs is 1. The minimum Gasteiger partial charge on any atom is -0.383 e. The molecule has 0 saturated carbocycles. The zero-order chi connectivity index (χ0) is 18.6. The Balaban J connectivity index is 1.58.